The summed E-state index contributed by atoms with van der Waals surface area (Å²) in [5, 5.41) is 6.45. The Morgan fingerprint density at radius 1 is 1.13 bits per heavy atom. The number of nitrogens with zero attached hydrogens (tertiary/aromatic N) is 5. The van der Waals surface area contributed by atoms with E-state index in [9.17, 15) is 9.59 Å². The highest BCUT2D eigenvalue weighted by Gasteiger charge is 2.22. The van der Waals surface area contributed by atoms with Crippen molar-refractivity contribution in [2.75, 3.05) is 32.7 Å². The van der Waals surface area contributed by atoms with Crippen molar-refractivity contribution < 1.29 is 4.79 Å². The number of benzene rings is 1. The van der Waals surface area contributed by atoms with E-state index in [-0.39, 0.29) is 18.0 Å². The summed E-state index contributed by atoms with van der Waals surface area (Å²) in [6.07, 6.45) is 1.70. The maximum absolute atomic E-state index is 13.2. The van der Waals surface area contributed by atoms with Gasteiger partial charge in [-0.3, -0.25) is 9.59 Å². The summed E-state index contributed by atoms with van der Waals surface area (Å²) in [5.74, 6) is -0.0579. The van der Waals surface area contributed by atoms with Crippen molar-refractivity contribution in [1.82, 2.24) is 24.1 Å². The molecule has 4 rings (SSSR count). The summed E-state index contributed by atoms with van der Waals surface area (Å²) in [7, 11) is 0. The zero-order valence-electron chi connectivity index (χ0n) is 18.3. The van der Waals surface area contributed by atoms with Gasteiger partial charge in [-0.2, -0.15) is 5.10 Å². The van der Waals surface area contributed by atoms with Gasteiger partial charge in [-0.1, -0.05) is 30.7 Å². The van der Waals surface area contributed by atoms with Gasteiger partial charge in [0.1, 0.15) is 6.54 Å². The lowest BCUT2D eigenvalue weighted by Gasteiger charge is -2.34. The predicted octanol–water partition coefficient (Wildman–Crippen LogP) is 2.68. The van der Waals surface area contributed by atoms with Gasteiger partial charge >= 0.3 is 0 Å². The highest BCUT2D eigenvalue weighted by Crippen LogP contribution is 2.23. The Hall–Kier alpha value is -2.64. The van der Waals surface area contributed by atoms with E-state index in [2.05, 4.69) is 21.5 Å². The Balaban J connectivity index is 1.61. The van der Waals surface area contributed by atoms with Crippen molar-refractivity contribution in [2.24, 2.45) is 0 Å². The summed E-state index contributed by atoms with van der Waals surface area (Å²) >= 11 is 6.13. The zero-order chi connectivity index (χ0) is 22.1. The first-order valence-electron chi connectivity index (χ1n) is 10.7. The molecule has 0 aliphatic carbocycles. The smallest absolute Gasteiger partial charge is 0.276 e. The molecular weight excluding hydrogens is 414 g/mol. The molecule has 0 bridgehead atoms. The quantitative estimate of drug-likeness (QED) is 0.610. The molecule has 2 aromatic heterocycles. The second-order valence-electron chi connectivity index (χ2n) is 8.10. The third-order valence-electron chi connectivity index (χ3n) is 6.29. The maximum Gasteiger partial charge on any atom is 0.276 e. The van der Waals surface area contributed by atoms with Crippen LogP contribution in [-0.2, 0) is 17.9 Å². The Morgan fingerprint density at radius 2 is 1.87 bits per heavy atom. The standard InChI is InChI=1S/C23H28ClN5O2/c1-4-26-8-10-27(11-9-26)21(30)15-29-23(31)22-17(3)28(16(2)20(22)13-25-29)14-18-6-5-7-19(24)12-18/h5-7,12-13H,4,8-11,14-15H2,1-3H3. The van der Waals surface area contributed by atoms with Crippen LogP contribution in [0.25, 0.3) is 10.8 Å². The molecule has 0 radical (unpaired) electrons. The molecule has 1 aliphatic heterocycles. The van der Waals surface area contributed by atoms with Gasteiger partial charge in [0.25, 0.3) is 5.56 Å². The fourth-order valence-electron chi connectivity index (χ4n) is 4.35. The van der Waals surface area contributed by atoms with Crippen LogP contribution in [0.5, 0.6) is 0 Å². The van der Waals surface area contributed by atoms with Crippen molar-refractivity contribution >= 4 is 28.3 Å². The van der Waals surface area contributed by atoms with Gasteiger partial charge in [-0.05, 0) is 38.1 Å². The average Bonchev–Trinajstić information content (AvgIpc) is 3.01. The fraction of sp³-hybridized carbons (Fsp3) is 0.435. The van der Waals surface area contributed by atoms with Gasteiger partial charge < -0.3 is 14.4 Å². The summed E-state index contributed by atoms with van der Waals surface area (Å²) in [5.41, 5.74) is 2.70. The van der Waals surface area contributed by atoms with E-state index in [1.54, 1.807) is 6.20 Å². The van der Waals surface area contributed by atoms with Crippen LogP contribution >= 0.6 is 11.6 Å². The molecule has 1 saturated heterocycles. The lowest BCUT2D eigenvalue weighted by molar-refractivity contribution is -0.133. The van der Waals surface area contributed by atoms with Crippen molar-refractivity contribution in [2.45, 2.75) is 33.9 Å². The summed E-state index contributed by atoms with van der Waals surface area (Å²) in [4.78, 5) is 30.1. The molecule has 3 heterocycles. The van der Waals surface area contributed by atoms with Crippen LogP contribution in [-0.4, -0.2) is 62.8 Å². The van der Waals surface area contributed by atoms with Crippen LogP contribution in [0.2, 0.25) is 5.02 Å². The number of rotatable bonds is 5. The van der Waals surface area contributed by atoms with Crippen molar-refractivity contribution in [3.63, 3.8) is 0 Å². The first-order chi connectivity index (χ1) is 14.9. The topological polar surface area (TPSA) is 63.4 Å². The molecule has 164 valence electrons. The molecule has 7 nitrogen and oxygen atoms in total. The lowest BCUT2D eigenvalue weighted by atomic mass is 10.2. The number of halogens is 1. The monoisotopic (exact) mass is 441 g/mol. The van der Waals surface area contributed by atoms with E-state index in [0.29, 0.717) is 30.0 Å². The molecule has 1 aromatic carbocycles. The first kappa shape index (κ1) is 21.6. The normalized spacial score (nSPS) is 15.0. The minimum Gasteiger partial charge on any atom is -0.343 e. The number of piperazine rings is 1. The number of aromatic nitrogens is 3. The molecule has 1 fully saturated rings. The largest absolute Gasteiger partial charge is 0.343 e. The van der Waals surface area contributed by atoms with Crippen LogP contribution < -0.4 is 5.56 Å². The van der Waals surface area contributed by atoms with Crippen molar-refractivity contribution in [1.29, 1.82) is 0 Å². The molecule has 8 heteroatoms. The molecule has 0 N–H and O–H groups in total. The number of fused-ring (bicyclic) bond motifs is 1. The molecule has 1 aliphatic rings. The fourth-order valence-corrected chi connectivity index (χ4v) is 4.57. The van der Waals surface area contributed by atoms with Crippen LogP contribution in [0.3, 0.4) is 0 Å². The highest BCUT2D eigenvalue weighted by molar-refractivity contribution is 6.30. The van der Waals surface area contributed by atoms with Gasteiger partial charge in [0.15, 0.2) is 0 Å². The number of amides is 1. The predicted molar refractivity (Wildman–Crippen MR) is 123 cm³/mol. The van der Waals surface area contributed by atoms with E-state index in [1.165, 1.54) is 4.68 Å². The van der Waals surface area contributed by atoms with E-state index < -0.39 is 0 Å². The number of carbonyl (C=O) groups excluding carboxylic acids is 1. The molecule has 0 atom stereocenters. The van der Waals surface area contributed by atoms with E-state index in [4.69, 9.17) is 11.6 Å². The zero-order valence-corrected chi connectivity index (χ0v) is 19.0. The van der Waals surface area contributed by atoms with Gasteiger partial charge in [0.05, 0.1) is 11.6 Å². The van der Waals surface area contributed by atoms with Crippen LogP contribution in [0.4, 0.5) is 0 Å². The van der Waals surface area contributed by atoms with Crippen LogP contribution in [0.15, 0.2) is 35.3 Å². The third kappa shape index (κ3) is 4.25. The Bertz CT molecular complexity index is 1170. The summed E-state index contributed by atoms with van der Waals surface area (Å²) in [6.45, 7) is 10.8. The van der Waals surface area contributed by atoms with Crippen LogP contribution in [0.1, 0.15) is 23.9 Å². The summed E-state index contributed by atoms with van der Waals surface area (Å²) in [6, 6.07) is 7.71. The minimum absolute atomic E-state index is 0.0289. The van der Waals surface area contributed by atoms with Gasteiger partial charge in [-0.25, -0.2) is 4.68 Å². The Kier molecular flexibility index (Phi) is 6.16. The lowest BCUT2D eigenvalue weighted by Crippen LogP contribution is -2.49. The molecular formula is C23H28ClN5O2. The van der Waals surface area contributed by atoms with E-state index in [0.717, 1.165) is 42.0 Å². The van der Waals surface area contributed by atoms with Gasteiger partial charge in [-0.15, -0.1) is 0 Å². The van der Waals surface area contributed by atoms with E-state index >= 15 is 0 Å². The summed E-state index contributed by atoms with van der Waals surface area (Å²) < 4.78 is 3.41. The number of hydrogen-bond acceptors (Lipinski definition) is 4. The van der Waals surface area contributed by atoms with Crippen molar-refractivity contribution in [3.8, 4) is 0 Å². The second kappa shape index (κ2) is 8.85. The highest BCUT2D eigenvalue weighted by atomic mass is 35.5. The maximum atomic E-state index is 13.2. The molecule has 0 spiro atoms. The van der Waals surface area contributed by atoms with E-state index in [1.807, 2.05) is 43.0 Å². The molecule has 0 unspecified atom stereocenters. The van der Waals surface area contributed by atoms with Crippen molar-refractivity contribution in [3.05, 3.63) is 62.8 Å². The average molecular weight is 442 g/mol. The first-order valence-corrected chi connectivity index (χ1v) is 11.1. The SMILES string of the molecule is CCN1CCN(C(=O)Cn2ncc3c(C)n(Cc4cccc(Cl)c4)c(C)c3c2=O)CC1. The Morgan fingerprint density at radius 3 is 2.55 bits per heavy atom. The molecule has 3 aromatic rings. The molecule has 1 amide bonds. The third-order valence-corrected chi connectivity index (χ3v) is 6.53. The van der Waals surface area contributed by atoms with Crippen LogP contribution in [0, 0.1) is 13.8 Å². The number of aryl methyl sites for hydroxylation is 2. The molecule has 0 saturated carbocycles. The van der Waals surface area contributed by atoms with Gasteiger partial charge in [0, 0.05) is 54.5 Å². The van der Waals surface area contributed by atoms with Gasteiger partial charge in [0.2, 0.25) is 5.91 Å². The second-order valence-corrected chi connectivity index (χ2v) is 8.53. The Labute approximate surface area is 186 Å². The number of hydrogen-bond donors (Lipinski definition) is 0. The minimum atomic E-state index is -0.219. The number of carbonyl (C=O) groups is 1. The molecule has 31 heavy (non-hydrogen) atoms. The number of likely N-dealkylation sites (N-methyl/N-ethyl adjacent to an activating group) is 1.